The molecule has 25 heavy (non-hydrogen) atoms. The van der Waals surface area contributed by atoms with E-state index >= 15 is 0 Å². The average Bonchev–Trinajstić information content (AvgIpc) is 2.90. The number of hydrogen-bond acceptors (Lipinski definition) is 4. The Labute approximate surface area is 147 Å². The van der Waals surface area contributed by atoms with E-state index in [9.17, 15) is 9.18 Å². The molecule has 0 unspecified atom stereocenters. The molecule has 0 bridgehead atoms. The first-order valence-electron chi connectivity index (χ1n) is 8.82. The molecular formula is C19H23FN4O. The zero-order valence-electron chi connectivity index (χ0n) is 14.2. The maximum atomic E-state index is 12.9. The Morgan fingerprint density at radius 1 is 1.04 bits per heavy atom. The third-order valence-electron chi connectivity index (χ3n) is 4.47. The summed E-state index contributed by atoms with van der Waals surface area (Å²) in [7, 11) is 0. The Bertz CT molecular complexity index is 680. The Morgan fingerprint density at radius 2 is 1.68 bits per heavy atom. The minimum absolute atomic E-state index is 0.245. The molecule has 0 spiro atoms. The van der Waals surface area contributed by atoms with Gasteiger partial charge in [0, 0.05) is 25.0 Å². The lowest BCUT2D eigenvalue weighted by Crippen LogP contribution is -2.24. The quantitative estimate of drug-likeness (QED) is 0.814. The van der Waals surface area contributed by atoms with Gasteiger partial charge in [0.15, 0.2) is 0 Å². The highest BCUT2D eigenvalue weighted by molar-refractivity contribution is 5.93. The van der Waals surface area contributed by atoms with Gasteiger partial charge in [-0.05, 0) is 30.5 Å². The standard InChI is InChI=1S/C19H23FN4O/c20-16-9-7-14(8-10-16)11-21-18(25)15-12-22-19(23-13-15)24-17-5-3-1-2-4-6-17/h7-10,12-13,17H,1-6,11H2,(H,21,25)(H,22,23,24). The molecule has 1 heterocycles. The summed E-state index contributed by atoms with van der Waals surface area (Å²) in [6.07, 6.45) is 10.4. The van der Waals surface area contributed by atoms with Crippen molar-refractivity contribution in [2.24, 2.45) is 0 Å². The van der Waals surface area contributed by atoms with Gasteiger partial charge in [-0.3, -0.25) is 4.79 Å². The number of nitrogens with one attached hydrogen (secondary N) is 2. The summed E-state index contributed by atoms with van der Waals surface area (Å²) < 4.78 is 12.9. The van der Waals surface area contributed by atoms with E-state index in [2.05, 4.69) is 20.6 Å². The number of benzene rings is 1. The molecule has 1 amide bonds. The summed E-state index contributed by atoms with van der Waals surface area (Å²) in [4.78, 5) is 20.7. The van der Waals surface area contributed by atoms with E-state index in [4.69, 9.17) is 0 Å². The normalized spacial score (nSPS) is 15.4. The fraction of sp³-hybridized carbons (Fsp3) is 0.421. The summed E-state index contributed by atoms with van der Waals surface area (Å²) >= 11 is 0. The molecule has 5 nitrogen and oxygen atoms in total. The average molecular weight is 342 g/mol. The van der Waals surface area contributed by atoms with Crippen LogP contribution in [0.3, 0.4) is 0 Å². The van der Waals surface area contributed by atoms with Gasteiger partial charge in [-0.1, -0.05) is 37.8 Å². The maximum absolute atomic E-state index is 12.9. The predicted molar refractivity (Wildman–Crippen MR) is 94.7 cm³/mol. The van der Waals surface area contributed by atoms with E-state index in [1.165, 1.54) is 50.2 Å². The van der Waals surface area contributed by atoms with Crippen LogP contribution in [0.5, 0.6) is 0 Å². The Hall–Kier alpha value is -2.50. The number of anilines is 1. The van der Waals surface area contributed by atoms with E-state index < -0.39 is 0 Å². The molecule has 1 aromatic carbocycles. The van der Waals surface area contributed by atoms with Gasteiger partial charge in [0.05, 0.1) is 5.56 Å². The van der Waals surface area contributed by atoms with E-state index in [1.807, 2.05) is 0 Å². The topological polar surface area (TPSA) is 66.9 Å². The van der Waals surface area contributed by atoms with Gasteiger partial charge in [0.1, 0.15) is 5.82 Å². The second-order valence-corrected chi connectivity index (χ2v) is 6.44. The largest absolute Gasteiger partial charge is 0.351 e. The molecule has 0 saturated heterocycles. The minimum Gasteiger partial charge on any atom is -0.351 e. The lowest BCUT2D eigenvalue weighted by Gasteiger charge is -2.15. The second kappa shape index (κ2) is 8.55. The molecule has 0 radical (unpaired) electrons. The van der Waals surface area contributed by atoms with E-state index in [0.717, 1.165) is 18.4 Å². The predicted octanol–water partition coefficient (Wildman–Crippen LogP) is 3.68. The van der Waals surface area contributed by atoms with Crippen molar-refractivity contribution < 1.29 is 9.18 Å². The van der Waals surface area contributed by atoms with Gasteiger partial charge in [0.25, 0.3) is 5.91 Å². The van der Waals surface area contributed by atoms with Gasteiger partial charge < -0.3 is 10.6 Å². The molecule has 2 N–H and O–H groups in total. The van der Waals surface area contributed by atoms with Crippen LogP contribution in [-0.2, 0) is 6.54 Å². The number of carbonyl (C=O) groups is 1. The molecule has 1 saturated carbocycles. The van der Waals surface area contributed by atoms with Crippen LogP contribution in [0, 0.1) is 5.82 Å². The van der Waals surface area contributed by atoms with Gasteiger partial charge in [-0.15, -0.1) is 0 Å². The molecule has 6 heteroatoms. The summed E-state index contributed by atoms with van der Waals surface area (Å²) in [5.74, 6) is 0.0348. The van der Waals surface area contributed by atoms with Crippen LogP contribution in [0.2, 0.25) is 0 Å². The number of carbonyl (C=O) groups excluding carboxylic acids is 1. The van der Waals surface area contributed by atoms with Crippen LogP contribution >= 0.6 is 0 Å². The lowest BCUT2D eigenvalue weighted by atomic mass is 10.1. The summed E-state index contributed by atoms with van der Waals surface area (Å²) in [6.45, 7) is 0.335. The molecule has 0 aliphatic heterocycles. The van der Waals surface area contributed by atoms with E-state index in [0.29, 0.717) is 24.1 Å². The van der Waals surface area contributed by atoms with Crippen molar-refractivity contribution in [3.05, 3.63) is 53.6 Å². The van der Waals surface area contributed by atoms with Crippen LogP contribution in [0.15, 0.2) is 36.7 Å². The fourth-order valence-corrected chi connectivity index (χ4v) is 3.01. The van der Waals surface area contributed by atoms with Crippen molar-refractivity contribution in [3.63, 3.8) is 0 Å². The smallest absolute Gasteiger partial charge is 0.254 e. The van der Waals surface area contributed by atoms with Crippen molar-refractivity contribution >= 4 is 11.9 Å². The van der Waals surface area contributed by atoms with Crippen LogP contribution in [-0.4, -0.2) is 21.9 Å². The third kappa shape index (κ3) is 5.24. The number of rotatable bonds is 5. The first-order valence-corrected chi connectivity index (χ1v) is 8.82. The molecular weight excluding hydrogens is 319 g/mol. The Morgan fingerprint density at radius 3 is 2.32 bits per heavy atom. The third-order valence-corrected chi connectivity index (χ3v) is 4.47. The number of hydrogen-bond donors (Lipinski definition) is 2. The lowest BCUT2D eigenvalue weighted by molar-refractivity contribution is 0.0950. The van der Waals surface area contributed by atoms with Crippen molar-refractivity contribution in [1.29, 1.82) is 0 Å². The second-order valence-electron chi connectivity index (χ2n) is 6.44. The monoisotopic (exact) mass is 342 g/mol. The highest BCUT2D eigenvalue weighted by Gasteiger charge is 2.13. The fourth-order valence-electron chi connectivity index (χ4n) is 3.01. The van der Waals surface area contributed by atoms with E-state index in [-0.39, 0.29) is 11.7 Å². The summed E-state index contributed by atoms with van der Waals surface area (Å²) in [5, 5.41) is 6.14. The number of amides is 1. The van der Waals surface area contributed by atoms with Gasteiger partial charge >= 0.3 is 0 Å². The molecule has 3 rings (SSSR count). The molecule has 0 atom stereocenters. The SMILES string of the molecule is O=C(NCc1ccc(F)cc1)c1cnc(NC2CCCCCC2)nc1. The molecule has 1 fully saturated rings. The van der Waals surface area contributed by atoms with Crippen molar-refractivity contribution in [2.45, 2.75) is 51.1 Å². The molecule has 1 aromatic heterocycles. The maximum Gasteiger partial charge on any atom is 0.254 e. The van der Waals surface area contributed by atoms with Gasteiger partial charge in [-0.2, -0.15) is 0 Å². The van der Waals surface area contributed by atoms with Crippen LogP contribution in [0.4, 0.5) is 10.3 Å². The summed E-state index contributed by atoms with van der Waals surface area (Å²) in [6, 6.07) is 6.45. The number of nitrogens with zero attached hydrogens (tertiary/aromatic N) is 2. The molecule has 2 aromatic rings. The molecule has 1 aliphatic carbocycles. The number of halogens is 1. The highest BCUT2D eigenvalue weighted by Crippen LogP contribution is 2.19. The van der Waals surface area contributed by atoms with Crippen molar-refractivity contribution in [1.82, 2.24) is 15.3 Å². The first kappa shape index (κ1) is 17.3. The van der Waals surface area contributed by atoms with Gasteiger partial charge in [-0.25, -0.2) is 14.4 Å². The Balaban J connectivity index is 1.52. The molecule has 1 aliphatic rings. The van der Waals surface area contributed by atoms with Crippen molar-refractivity contribution in [3.8, 4) is 0 Å². The van der Waals surface area contributed by atoms with Gasteiger partial charge in [0.2, 0.25) is 5.95 Å². The minimum atomic E-state index is -0.291. The van der Waals surface area contributed by atoms with Crippen LogP contribution in [0.1, 0.15) is 54.4 Å². The van der Waals surface area contributed by atoms with Crippen LogP contribution in [0.25, 0.3) is 0 Å². The zero-order valence-corrected chi connectivity index (χ0v) is 14.2. The van der Waals surface area contributed by atoms with Crippen molar-refractivity contribution in [2.75, 3.05) is 5.32 Å². The van der Waals surface area contributed by atoms with Crippen LogP contribution < -0.4 is 10.6 Å². The zero-order chi connectivity index (χ0) is 17.5. The number of aromatic nitrogens is 2. The highest BCUT2D eigenvalue weighted by atomic mass is 19.1. The molecule has 132 valence electrons. The Kier molecular flexibility index (Phi) is 5.93. The van der Waals surface area contributed by atoms with E-state index in [1.54, 1.807) is 12.1 Å². The first-order chi connectivity index (χ1) is 12.2. The summed E-state index contributed by atoms with van der Waals surface area (Å²) in [5.41, 5.74) is 1.25.